The lowest BCUT2D eigenvalue weighted by Crippen LogP contribution is -2.41. The van der Waals surface area contributed by atoms with Gasteiger partial charge in [-0.05, 0) is 81.7 Å². The van der Waals surface area contributed by atoms with Crippen molar-refractivity contribution in [2.45, 2.75) is 57.1 Å². The molecular weight excluding hydrogens is 510 g/mol. The maximum Gasteiger partial charge on any atom is 0.257 e. The van der Waals surface area contributed by atoms with E-state index in [9.17, 15) is 13.2 Å². The molecule has 9 heteroatoms. The van der Waals surface area contributed by atoms with E-state index in [4.69, 9.17) is 0 Å². The summed E-state index contributed by atoms with van der Waals surface area (Å²) in [5, 5.41) is -0.117. The van der Waals surface area contributed by atoms with Crippen molar-refractivity contribution in [2.24, 2.45) is 17.8 Å². The van der Waals surface area contributed by atoms with E-state index < -0.39 is 10.0 Å². The molecule has 1 saturated carbocycles. The topological polar surface area (TPSA) is 86.7 Å². The molecular formula is C30H41N5O3S. The second-order valence-electron chi connectivity index (χ2n) is 12.2. The third kappa shape index (κ3) is 5.50. The van der Waals surface area contributed by atoms with Crippen LogP contribution in [-0.4, -0.2) is 89.5 Å². The molecule has 1 aliphatic carbocycles. The van der Waals surface area contributed by atoms with Gasteiger partial charge in [-0.15, -0.1) is 0 Å². The van der Waals surface area contributed by atoms with Gasteiger partial charge in [0.15, 0.2) is 0 Å². The molecule has 8 nitrogen and oxygen atoms in total. The molecule has 39 heavy (non-hydrogen) atoms. The molecule has 1 aromatic carbocycles. The predicted molar refractivity (Wildman–Crippen MR) is 151 cm³/mol. The van der Waals surface area contributed by atoms with Crippen LogP contribution in [-0.2, 0) is 10.0 Å². The van der Waals surface area contributed by atoms with Crippen LogP contribution in [0.5, 0.6) is 0 Å². The Hall–Kier alpha value is -2.36. The molecule has 0 bridgehead atoms. The molecule has 4 aliphatic rings. The van der Waals surface area contributed by atoms with Crippen molar-refractivity contribution in [1.29, 1.82) is 0 Å². The van der Waals surface area contributed by atoms with Crippen molar-refractivity contribution in [1.82, 2.24) is 24.1 Å². The monoisotopic (exact) mass is 551 g/mol. The van der Waals surface area contributed by atoms with Crippen LogP contribution in [0.2, 0.25) is 0 Å². The number of aromatic nitrogens is 2. The Morgan fingerprint density at radius 2 is 1.54 bits per heavy atom. The molecule has 3 aliphatic heterocycles. The standard InChI is InChI=1S/C30H41N5O3S/c1-21-29(22(2)32-20-31-21)30(36)34-18-25-16-33(17-26(25)19-34)13-12-28(23-6-4-3-5-7-23)24-10-14-35(15-11-24)39(37,38)27-8-9-27/h3-7,20,24-28H,8-19H2,1-2H3. The van der Waals surface area contributed by atoms with Crippen molar-refractivity contribution < 1.29 is 13.2 Å². The molecule has 0 spiro atoms. The largest absolute Gasteiger partial charge is 0.338 e. The predicted octanol–water partition coefficient (Wildman–Crippen LogP) is 3.48. The molecule has 1 aromatic heterocycles. The Morgan fingerprint density at radius 3 is 2.13 bits per heavy atom. The Bertz CT molecular complexity index is 1260. The number of aryl methyl sites for hydroxylation is 2. The van der Waals surface area contributed by atoms with Crippen LogP contribution < -0.4 is 0 Å². The number of likely N-dealkylation sites (tertiary alicyclic amines) is 2. The normalized spacial score (nSPS) is 25.6. The zero-order chi connectivity index (χ0) is 27.1. The van der Waals surface area contributed by atoms with Gasteiger partial charge in [0.2, 0.25) is 10.0 Å². The fourth-order valence-electron chi connectivity index (χ4n) is 7.31. The minimum absolute atomic E-state index is 0.0748. The maximum absolute atomic E-state index is 13.3. The van der Waals surface area contributed by atoms with E-state index in [1.807, 2.05) is 18.7 Å². The van der Waals surface area contributed by atoms with Crippen LogP contribution in [0.1, 0.15) is 65.3 Å². The molecule has 3 saturated heterocycles. The third-order valence-corrected chi connectivity index (χ3v) is 12.0. The van der Waals surface area contributed by atoms with E-state index in [0.29, 0.717) is 42.3 Å². The SMILES string of the molecule is Cc1ncnc(C)c1C(=O)N1CC2CN(CCC(c3ccccc3)C3CCN(S(=O)(=O)C4CC4)CC3)CC2C1. The molecule has 3 atom stereocenters. The second-order valence-corrected chi connectivity index (χ2v) is 14.4. The fourth-order valence-corrected chi connectivity index (χ4v) is 9.18. The summed E-state index contributed by atoms with van der Waals surface area (Å²) < 4.78 is 27.3. The Morgan fingerprint density at radius 1 is 0.923 bits per heavy atom. The van der Waals surface area contributed by atoms with Crippen LogP contribution >= 0.6 is 0 Å². The molecule has 2 aromatic rings. The molecule has 6 rings (SSSR count). The smallest absolute Gasteiger partial charge is 0.257 e. The quantitative estimate of drug-likeness (QED) is 0.499. The van der Waals surface area contributed by atoms with Gasteiger partial charge >= 0.3 is 0 Å². The van der Waals surface area contributed by atoms with E-state index in [1.165, 1.54) is 11.9 Å². The van der Waals surface area contributed by atoms with Gasteiger partial charge < -0.3 is 9.80 Å². The van der Waals surface area contributed by atoms with Crippen molar-refractivity contribution in [2.75, 3.05) is 45.8 Å². The molecule has 210 valence electrons. The van der Waals surface area contributed by atoms with Gasteiger partial charge in [-0.1, -0.05) is 30.3 Å². The first-order chi connectivity index (χ1) is 18.8. The minimum Gasteiger partial charge on any atom is -0.338 e. The number of carbonyl (C=O) groups excluding carboxylic acids is 1. The van der Waals surface area contributed by atoms with Gasteiger partial charge in [-0.2, -0.15) is 0 Å². The molecule has 0 N–H and O–H groups in total. The number of benzene rings is 1. The lowest BCUT2D eigenvalue weighted by atomic mass is 9.78. The number of amides is 1. The van der Waals surface area contributed by atoms with Gasteiger partial charge in [-0.25, -0.2) is 22.7 Å². The highest BCUT2D eigenvalue weighted by molar-refractivity contribution is 7.90. The first kappa shape index (κ1) is 26.8. The highest BCUT2D eigenvalue weighted by Gasteiger charge is 2.44. The van der Waals surface area contributed by atoms with Crippen LogP contribution in [0.25, 0.3) is 0 Å². The summed E-state index contributed by atoms with van der Waals surface area (Å²) in [6, 6.07) is 10.8. The highest BCUT2D eigenvalue weighted by Crippen LogP contribution is 2.39. The molecule has 0 radical (unpaired) electrons. The van der Waals surface area contributed by atoms with Crippen LogP contribution in [0.15, 0.2) is 36.7 Å². The summed E-state index contributed by atoms with van der Waals surface area (Å²) >= 11 is 0. The molecule has 3 unspecified atom stereocenters. The van der Waals surface area contributed by atoms with Crippen LogP contribution in [0, 0.1) is 31.6 Å². The first-order valence-electron chi connectivity index (χ1n) is 14.6. The van der Waals surface area contributed by atoms with Crippen molar-refractivity contribution in [3.8, 4) is 0 Å². The van der Waals surface area contributed by atoms with Gasteiger partial charge in [0.05, 0.1) is 22.2 Å². The van der Waals surface area contributed by atoms with Gasteiger partial charge in [0.25, 0.3) is 5.91 Å². The summed E-state index contributed by atoms with van der Waals surface area (Å²) in [7, 11) is -3.08. The second kappa shape index (κ2) is 10.9. The van der Waals surface area contributed by atoms with E-state index in [0.717, 1.165) is 76.2 Å². The summed E-state index contributed by atoms with van der Waals surface area (Å²) in [5.41, 5.74) is 3.56. The maximum atomic E-state index is 13.3. The van der Waals surface area contributed by atoms with Crippen molar-refractivity contribution in [3.63, 3.8) is 0 Å². The van der Waals surface area contributed by atoms with E-state index in [-0.39, 0.29) is 11.2 Å². The lowest BCUT2D eigenvalue weighted by Gasteiger charge is -2.36. The number of sulfonamides is 1. The van der Waals surface area contributed by atoms with Gasteiger partial charge in [0.1, 0.15) is 6.33 Å². The molecule has 4 heterocycles. The number of hydrogen-bond donors (Lipinski definition) is 0. The van der Waals surface area contributed by atoms with Crippen LogP contribution in [0.4, 0.5) is 0 Å². The number of fused-ring (bicyclic) bond motifs is 1. The Labute approximate surface area is 232 Å². The van der Waals surface area contributed by atoms with Crippen LogP contribution in [0.3, 0.4) is 0 Å². The summed E-state index contributed by atoms with van der Waals surface area (Å²) in [5.74, 6) is 2.06. The molecule has 4 fully saturated rings. The first-order valence-corrected chi connectivity index (χ1v) is 16.2. The lowest BCUT2D eigenvalue weighted by molar-refractivity contribution is 0.0771. The van der Waals surface area contributed by atoms with E-state index in [2.05, 4.69) is 45.2 Å². The summed E-state index contributed by atoms with van der Waals surface area (Å²) in [6.07, 6.45) is 6.16. The summed E-state index contributed by atoms with van der Waals surface area (Å²) in [6.45, 7) is 9.85. The number of nitrogens with zero attached hydrogens (tertiary/aromatic N) is 5. The van der Waals surface area contributed by atoms with E-state index in [1.54, 1.807) is 4.31 Å². The minimum atomic E-state index is -3.08. The number of rotatable bonds is 8. The van der Waals surface area contributed by atoms with Crippen molar-refractivity contribution >= 4 is 15.9 Å². The highest BCUT2D eigenvalue weighted by atomic mass is 32.2. The summed E-state index contributed by atoms with van der Waals surface area (Å²) in [4.78, 5) is 26.4. The Kier molecular flexibility index (Phi) is 7.50. The molecule has 1 amide bonds. The fraction of sp³-hybridized carbons (Fsp3) is 0.633. The number of piperidine rings is 1. The Balaban J connectivity index is 1.05. The number of hydrogen-bond acceptors (Lipinski definition) is 6. The zero-order valence-corrected chi connectivity index (χ0v) is 24.0. The van der Waals surface area contributed by atoms with E-state index >= 15 is 0 Å². The van der Waals surface area contributed by atoms with Gasteiger partial charge in [0, 0.05) is 39.3 Å². The third-order valence-electron chi connectivity index (χ3n) is 9.65. The average molecular weight is 552 g/mol. The zero-order valence-electron chi connectivity index (χ0n) is 23.2. The average Bonchev–Trinajstić information content (AvgIpc) is 3.62. The van der Waals surface area contributed by atoms with Gasteiger partial charge in [-0.3, -0.25) is 4.79 Å². The van der Waals surface area contributed by atoms with Crippen molar-refractivity contribution in [3.05, 3.63) is 59.2 Å². The number of carbonyl (C=O) groups is 1.